The summed E-state index contributed by atoms with van der Waals surface area (Å²) >= 11 is 9.38. The molecule has 1 aliphatic carbocycles. The standard InChI is InChI=1S/C14H17BrClNO/c1-17(11-5-3-2-4-6-11)14(18)12-9-10(16)7-8-13(12)15/h7-9,11H,2-6H2,1H3. The Hall–Kier alpha value is -0.540. The van der Waals surface area contributed by atoms with Gasteiger partial charge in [-0.05, 0) is 47.0 Å². The highest BCUT2D eigenvalue weighted by atomic mass is 79.9. The smallest absolute Gasteiger partial charge is 0.255 e. The molecule has 18 heavy (non-hydrogen) atoms. The molecular formula is C14H17BrClNO. The average molecular weight is 331 g/mol. The summed E-state index contributed by atoms with van der Waals surface area (Å²) in [7, 11) is 1.89. The quantitative estimate of drug-likeness (QED) is 0.781. The number of hydrogen-bond acceptors (Lipinski definition) is 1. The van der Waals surface area contributed by atoms with Crippen LogP contribution in [0.15, 0.2) is 22.7 Å². The number of carbonyl (C=O) groups is 1. The zero-order chi connectivity index (χ0) is 13.1. The van der Waals surface area contributed by atoms with Crippen molar-refractivity contribution in [3.05, 3.63) is 33.3 Å². The van der Waals surface area contributed by atoms with Gasteiger partial charge in [-0.3, -0.25) is 4.79 Å². The van der Waals surface area contributed by atoms with Gasteiger partial charge in [-0.15, -0.1) is 0 Å². The molecule has 1 aromatic rings. The summed E-state index contributed by atoms with van der Waals surface area (Å²) in [5, 5.41) is 0.596. The molecule has 0 unspecified atom stereocenters. The molecule has 0 aliphatic heterocycles. The van der Waals surface area contributed by atoms with Crippen LogP contribution in [0.1, 0.15) is 42.5 Å². The molecule has 0 spiro atoms. The van der Waals surface area contributed by atoms with E-state index in [0.29, 0.717) is 16.6 Å². The third-order valence-corrected chi connectivity index (χ3v) is 4.53. The molecule has 1 aliphatic rings. The minimum Gasteiger partial charge on any atom is -0.339 e. The van der Waals surface area contributed by atoms with Gasteiger partial charge in [0.25, 0.3) is 5.91 Å². The van der Waals surface area contributed by atoms with Crippen LogP contribution in [0.5, 0.6) is 0 Å². The van der Waals surface area contributed by atoms with Crippen LogP contribution in [0.25, 0.3) is 0 Å². The second kappa shape index (κ2) is 6.07. The normalized spacial score (nSPS) is 16.6. The Kier molecular flexibility index (Phi) is 4.68. The van der Waals surface area contributed by atoms with E-state index in [9.17, 15) is 4.79 Å². The lowest BCUT2D eigenvalue weighted by molar-refractivity contribution is 0.0695. The number of halogens is 2. The molecule has 1 aromatic carbocycles. The predicted octanol–water partition coefficient (Wildman–Crippen LogP) is 4.51. The number of rotatable bonds is 2. The van der Waals surface area contributed by atoms with Crippen molar-refractivity contribution >= 4 is 33.4 Å². The molecule has 2 nitrogen and oxygen atoms in total. The fourth-order valence-corrected chi connectivity index (χ4v) is 3.07. The lowest BCUT2D eigenvalue weighted by atomic mass is 9.94. The zero-order valence-electron chi connectivity index (χ0n) is 10.5. The van der Waals surface area contributed by atoms with Gasteiger partial charge < -0.3 is 4.90 Å². The first-order chi connectivity index (χ1) is 8.59. The summed E-state index contributed by atoms with van der Waals surface area (Å²) < 4.78 is 0.805. The summed E-state index contributed by atoms with van der Waals surface area (Å²) in [5.74, 6) is 0.0521. The minimum absolute atomic E-state index is 0.0521. The Morgan fingerprint density at radius 2 is 2.00 bits per heavy atom. The van der Waals surface area contributed by atoms with E-state index in [1.807, 2.05) is 18.0 Å². The van der Waals surface area contributed by atoms with Crippen molar-refractivity contribution in [3.63, 3.8) is 0 Å². The highest BCUT2D eigenvalue weighted by molar-refractivity contribution is 9.10. The Labute approximate surface area is 121 Å². The number of carbonyl (C=O) groups excluding carboxylic acids is 1. The lowest BCUT2D eigenvalue weighted by Gasteiger charge is -2.31. The van der Waals surface area contributed by atoms with E-state index in [1.165, 1.54) is 19.3 Å². The molecule has 0 saturated heterocycles. The Bertz CT molecular complexity index is 443. The summed E-state index contributed by atoms with van der Waals surface area (Å²) in [5.41, 5.74) is 0.649. The van der Waals surface area contributed by atoms with E-state index >= 15 is 0 Å². The van der Waals surface area contributed by atoms with E-state index in [0.717, 1.165) is 17.3 Å². The number of nitrogens with zero attached hydrogens (tertiary/aromatic N) is 1. The molecule has 0 heterocycles. The van der Waals surface area contributed by atoms with E-state index in [4.69, 9.17) is 11.6 Å². The van der Waals surface area contributed by atoms with Gasteiger partial charge in [0.05, 0.1) is 5.56 Å². The first kappa shape index (κ1) is 13.9. The molecule has 0 N–H and O–H groups in total. The molecule has 0 aromatic heterocycles. The molecule has 1 amide bonds. The zero-order valence-corrected chi connectivity index (χ0v) is 12.8. The lowest BCUT2D eigenvalue weighted by Crippen LogP contribution is -2.38. The van der Waals surface area contributed by atoms with Crippen molar-refractivity contribution in [2.45, 2.75) is 38.1 Å². The number of hydrogen-bond donors (Lipinski definition) is 0. The van der Waals surface area contributed by atoms with E-state index < -0.39 is 0 Å². The summed E-state index contributed by atoms with van der Waals surface area (Å²) in [4.78, 5) is 14.3. The van der Waals surface area contributed by atoms with Crippen molar-refractivity contribution in [1.82, 2.24) is 4.90 Å². The highest BCUT2D eigenvalue weighted by Gasteiger charge is 2.24. The van der Waals surface area contributed by atoms with Gasteiger partial charge in [0.2, 0.25) is 0 Å². The number of amides is 1. The Morgan fingerprint density at radius 3 is 2.67 bits per heavy atom. The molecule has 4 heteroatoms. The second-order valence-electron chi connectivity index (χ2n) is 4.83. The maximum Gasteiger partial charge on any atom is 0.255 e. The fourth-order valence-electron chi connectivity index (χ4n) is 2.49. The summed E-state index contributed by atoms with van der Waals surface area (Å²) in [6, 6.07) is 5.71. The molecule has 0 atom stereocenters. The maximum atomic E-state index is 12.5. The summed E-state index contributed by atoms with van der Waals surface area (Å²) in [6.07, 6.45) is 5.96. The number of benzene rings is 1. The third kappa shape index (κ3) is 3.07. The second-order valence-corrected chi connectivity index (χ2v) is 6.12. The van der Waals surface area contributed by atoms with Crippen LogP contribution < -0.4 is 0 Å². The van der Waals surface area contributed by atoms with Crippen molar-refractivity contribution in [2.24, 2.45) is 0 Å². The van der Waals surface area contributed by atoms with Crippen LogP contribution in [0.4, 0.5) is 0 Å². The highest BCUT2D eigenvalue weighted by Crippen LogP contribution is 2.26. The average Bonchev–Trinajstić information content (AvgIpc) is 2.41. The van der Waals surface area contributed by atoms with Gasteiger partial charge in [-0.1, -0.05) is 30.9 Å². The Balaban J connectivity index is 2.16. The first-order valence-electron chi connectivity index (χ1n) is 6.32. The van der Waals surface area contributed by atoms with Crippen molar-refractivity contribution in [1.29, 1.82) is 0 Å². The minimum atomic E-state index is 0.0521. The Morgan fingerprint density at radius 1 is 1.33 bits per heavy atom. The van der Waals surface area contributed by atoms with Crippen LogP contribution in [0, 0.1) is 0 Å². The van der Waals surface area contributed by atoms with Gasteiger partial charge in [0, 0.05) is 22.6 Å². The van der Waals surface area contributed by atoms with Gasteiger partial charge in [0.15, 0.2) is 0 Å². The van der Waals surface area contributed by atoms with E-state index in [2.05, 4.69) is 15.9 Å². The molecule has 2 rings (SSSR count). The fraction of sp³-hybridized carbons (Fsp3) is 0.500. The first-order valence-corrected chi connectivity index (χ1v) is 7.49. The van der Waals surface area contributed by atoms with Crippen LogP contribution in [-0.2, 0) is 0 Å². The molecular weight excluding hydrogens is 314 g/mol. The molecule has 0 radical (unpaired) electrons. The van der Waals surface area contributed by atoms with Gasteiger partial charge >= 0.3 is 0 Å². The largest absolute Gasteiger partial charge is 0.339 e. The summed E-state index contributed by atoms with van der Waals surface area (Å²) in [6.45, 7) is 0. The van der Waals surface area contributed by atoms with Crippen LogP contribution >= 0.6 is 27.5 Å². The van der Waals surface area contributed by atoms with Gasteiger partial charge in [-0.25, -0.2) is 0 Å². The van der Waals surface area contributed by atoms with Crippen molar-refractivity contribution < 1.29 is 4.79 Å². The molecule has 1 saturated carbocycles. The van der Waals surface area contributed by atoms with Crippen LogP contribution in [-0.4, -0.2) is 23.9 Å². The monoisotopic (exact) mass is 329 g/mol. The van der Waals surface area contributed by atoms with Crippen LogP contribution in [0.3, 0.4) is 0 Å². The molecule has 1 fully saturated rings. The topological polar surface area (TPSA) is 20.3 Å². The van der Waals surface area contributed by atoms with Crippen molar-refractivity contribution in [2.75, 3.05) is 7.05 Å². The molecule has 0 bridgehead atoms. The van der Waals surface area contributed by atoms with Gasteiger partial charge in [0.1, 0.15) is 0 Å². The molecule has 98 valence electrons. The third-order valence-electron chi connectivity index (χ3n) is 3.60. The van der Waals surface area contributed by atoms with E-state index in [-0.39, 0.29) is 5.91 Å². The van der Waals surface area contributed by atoms with Crippen molar-refractivity contribution in [3.8, 4) is 0 Å². The maximum absolute atomic E-state index is 12.5. The van der Waals surface area contributed by atoms with E-state index in [1.54, 1.807) is 12.1 Å². The van der Waals surface area contributed by atoms with Gasteiger partial charge in [-0.2, -0.15) is 0 Å². The SMILES string of the molecule is CN(C(=O)c1cc(Cl)ccc1Br)C1CCCCC1. The predicted molar refractivity (Wildman–Crippen MR) is 78.1 cm³/mol. The van der Waals surface area contributed by atoms with Crippen LogP contribution in [0.2, 0.25) is 5.02 Å².